The van der Waals surface area contributed by atoms with Gasteiger partial charge in [-0.05, 0) is 57.2 Å². The quantitative estimate of drug-likeness (QED) is 0.532. The standard InChI is InChI=1S/C18H26F4N2O3/c1-17(2,19)8-7-12(16(24)26)10-15(25)14(23)9-11-3-5-13(6-4-11)27-18(20,21)22/h3-6,12,14-15,25H,7-10,23H2,1-2H3,(H2,24,26). The average Bonchev–Trinajstić information content (AvgIpc) is 2.50. The van der Waals surface area contributed by atoms with Crippen molar-refractivity contribution in [2.24, 2.45) is 17.4 Å². The summed E-state index contributed by atoms with van der Waals surface area (Å²) in [4.78, 5) is 11.5. The van der Waals surface area contributed by atoms with Crippen molar-refractivity contribution in [1.29, 1.82) is 0 Å². The molecule has 0 saturated heterocycles. The SMILES string of the molecule is CC(C)(F)CCC(CC(O)C(N)Cc1ccc(OC(F)(F)F)cc1)C(N)=O. The molecule has 0 aliphatic heterocycles. The lowest BCUT2D eigenvalue weighted by Gasteiger charge is -2.24. The van der Waals surface area contributed by atoms with Crippen molar-refractivity contribution in [2.45, 2.75) is 63.7 Å². The minimum Gasteiger partial charge on any atom is -0.406 e. The molecule has 0 aliphatic carbocycles. The number of benzene rings is 1. The van der Waals surface area contributed by atoms with Crippen LogP contribution in [0.25, 0.3) is 0 Å². The Kier molecular flexibility index (Phi) is 8.04. The number of rotatable bonds is 10. The molecular formula is C18H26F4N2O3. The van der Waals surface area contributed by atoms with Crippen LogP contribution in [0.15, 0.2) is 24.3 Å². The van der Waals surface area contributed by atoms with Crippen molar-refractivity contribution in [3.63, 3.8) is 0 Å². The number of hydrogen-bond donors (Lipinski definition) is 3. The molecule has 1 aromatic carbocycles. The molecule has 0 heterocycles. The Hall–Kier alpha value is -1.87. The number of hydrogen-bond acceptors (Lipinski definition) is 4. The molecule has 0 bridgehead atoms. The Labute approximate surface area is 155 Å². The number of alkyl halides is 4. The zero-order valence-corrected chi connectivity index (χ0v) is 15.3. The van der Waals surface area contributed by atoms with Gasteiger partial charge in [0.2, 0.25) is 5.91 Å². The zero-order valence-electron chi connectivity index (χ0n) is 15.3. The van der Waals surface area contributed by atoms with E-state index in [1.807, 2.05) is 0 Å². The smallest absolute Gasteiger partial charge is 0.406 e. The van der Waals surface area contributed by atoms with E-state index in [9.17, 15) is 27.5 Å². The first-order chi connectivity index (χ1) is 12.3. The molecule has 9 heteroatoms. The average molecular weight is 394 g/mol. The van der Waals surface area contributed by atoms with Gasteiger partial charge in [0, 0.05) is 12.0 Å². The molecule has 0 saturated carbocycles. The number of aliphatic hydroxyl groups excluding tert-OH is 1. The normalized spacial score (nSPS) is 15.9. The summed E-state index contributed by atoms with van der Waals surface area (Å²) < 4.78 is 53.8. The molecule has 154 valence electrons. The molecule has 27 heavy (non-hydrogen) atoms. The largest absolute Gasteiger partial charge is 0.573 e. The Morgan fingerprint density at radius 2 is 1.74 bits per heavy atom. The molecule has 0 fully saturated rings. The van der Waals surface area contributed by atoms with Crippen molar-refractivity contribution >= 4 is 5.91 Å². The first kappa shape index (κ1) is 23.2. The number of carbonyl (C=O) groups excluding carboxylic acids is 1. The van der Waals surface area contributed by atoms with Gasteiger partial charge in [0.25, 0.3) is 0 Å². The van der Waals surface area contributed by atoms with Crippen LogP contribution in [0.4, 0.5) is 17.6 Å². The van der Waals surface area contributed by atoms with Gasteiger partial charge in [-0.2, -0.15) is 0 Å². The van der Waals surface area contributed by atoms with Crippen molar-refractivity contribution in [3.8, 4) is 5.75 Å². The zero-order chi connectivity index (χ0) is 20.8. The predicted molar refractivity (Wildman–Crippen MR) is 92.5 cm³/mol. The van der Waals surface area contributed by atoms with Crippen molar-refractivity contribution < 1.29 is 32.2 Å². The number of ether oxygens (including phenoxy) is 1. The van der Waals surface area contributed by atoms with Crippen LogP contribution >= 0.6 is 0 Å². The fourth-order valence-electron chi connectivity index (χ4n) is 2.60. The second-order valence-corrected chi connectivity index (χ2v) is 7.22. The topological polar surface area (TPSA) is 98.6 Å². The van der Waals surface area contributed by atoms with Gasteiger partial charge < -0.3 is 21.3 Å². The van der Waals surface area contributed by atoms with Gasteiger partial charge in [0.1, 0.15) is 11.4 Å². The number of amides is 1. The third kappa shape index (κ3) is 9.58. The Morgan fingerprint density at radius 3 is 2.19 bits per heavy atom. The maximum absolute atomic E-state index is 13.6. The van der Waals surface area contributed by atoms with Gasteiger partial charge in [0.15, 0.2) is 0 Å². The van der Waals surface area contributed by atoms with Crippen LogP contribution in [0, 0.1) is 5.92 Å². The lowest BCUT2D eigenvalue weighted by atomic mass is 9.88. The first-order valence-corrected chi connectivity index (χ1v) is 8.53. The number of aliphatic hydroxyl groups is 1. The van der Waals surface area contributed by atoms with E-state index in [0.29, 0.717) is 5.56 Å². The second-order valence-electron chi connectivity index (χ2n) is 7.22. The van der Waals surface area contributed by atoms with Crippen LogP contribution in [-0.2, 0) is 11.2 Å². The highest BCUT2D eigenvalue weighted by Crippen LogP contribution is 2.25. The van der Waals surface area contributed by atoms with Crippen molar-refractivity contribution in [2.75, 3.05) is 0 Å². The summed E-state index contributed by atoms with van der Waals surface area (Å²) in [5.74, 6) is -1.72. The summed E-state index contributed by atoms with van der Waals surface area (Å²) in [6, 6.07) is 4.35. The minimum absolute atomic E-state index is 0.0121. The summed E-state index contributed by atoms with van der Waals surface area (Å²) >= 11 is 0. The monoisotopic (exact) mass is 394 g/mol. The molecule has 5 N–H and O–H groups in total. The molecule has 0 radical (unpaired) electrons. The Balaban J connectivity index is 2.61. The summed E-state index contributed by atoms with van der Waals surface area (Å²) in [7, 11) is 0. The van der Waals surface area contributed by atoms with Gasteiger partial charge in [-0.15, -0.1) is 13.2 Å². The molecule has 1 rings (SSSR count). The minimum atomic E-state index is -4.77. The van der Waals surface area contributed by atoms with Gasteiger partial charge >= 0.3 is 6.36 Å². The van der Waals surface area contributed by atoms with Crippen LogP contribution in [0.2, 0.25) is 0 Å². The van der Waals surface area contributed by atoms with Gasteiger partial charge in [0.05, 0.1) is 6.10 Å². The molecular weight excluding hydrogens is 368 g/mol. The number of carbonyl (C=O) groups is 1. The molecule has 3 atom stereocenters. The second kappa shape index (κ2) is 9.36. The third-order valence-electron chi connectivity index (χ3n) is 4.14. The van der Waals surface area contributed by atoms with Crippen LogP contribution in [0.1, 0.15) is 38.7 Å². The van der Waals surface area contributed by atoms with E-state index in [1.54, 1.807) is 0 Å². The lowest BCUT2D eigenvalue weighted by Crippen LogP contribution is -2.40. The molecule has 1 aromatic rings. The summed E-state index contributed by atoms with van der Waals surface area (Å²) in [5, 5.41) is 10.2. The van der Waals surface area contributed by atoms with Gasteiger partial charge in [-0.25, -0.2) is 4.39 Å². The van der Waals surface area contributed by atoms with Gasteiger partial charge in [-0.3, -0.25) is 4.79 Å². The fraction of sp³-hybridized carbons (Fsp3) is 0.611. The van der Waals surface area contributed by atoms with E-state index in [-0.39, 0.29) is 31.4 Å². The van der Waals surface area contributed by atoms with Crippen molar-refractivity contribution in [1.82, 2.24) is 0 Å². The van der Waals surface area contributed by atoms with Crippen LogP contribution in [-0.4, -0.2) is 35.2 Å². The molecule has 3 unspecified atom stereocenters. The lowest BCUT2D eigenvalue weighted by molar-refractivity contribution is -0.274. The highest BCUT2D eigenvalue weighted by molar-refractivity contribution is 5.76. The van der Waals surface area contributed by atoms with Crippen LogP contribution < -0.4 is 16.2 Å². The van der Waals surface area contributed by atoms with E-state index in [1.165, 1.54) is 26.0 Å². The first-order valence-electron chi connectivity index (χ1n) is 8.53. The van der Waals surface area contributed by atoms with E-state index in [0.717, 1.165) is 12.1 Å². The molecule has 5 nitrogen and oxygen atoms in total. The molecule has 0 spiro atoms. The van der Waals surface area contributed by atoms with Crippen molar-refractivity contribution in [3.05, 3.63) is 29.8 Å². The number of nitrogens with two attached hydrogens (primary N) is 2. The Bertz CT molecular complexity index is 600. The predicted octanol–water partition coefficient (Wildman–Crippen LogP) is 2.84. The fourth-order valence-corrected chi connectivity index (χ4v) is 2.60. The Morgan fingerprint density at radius 1 is 1.19 bits per heavy atom. The molecule has 0 aliphatic rings. The highest BCUT2D eigenvalue weighted by atomic mass is 19.4. The maximum Gasteiger partial charge on any atom is 0.573 e. The number of primary amides is 1. The molecule has 0 aromatic heterocycles. The van der Waals surface area contributed by atoms with Gasteiger partial charge in [-0.1, -0.05) is 12.1 Å². The summed E-state index contributed by atoms with van der Waals surface area (Å²) in [5.41, 5.74) is 10.4. The summed E-state index contributed by atoms with van der Waals surface area (Å²) in [6.45, 7) is 2.78. The van der Waals surface area contributed by atoms with Crippen LogP contribution in [0.5, 0.6) is 5.75 Å². The van der Waals surface area contributed by atoms with E-state index >= 15 is 0 Å². The number of halogens is 4. The third-order valence-corrected chi connectivity index (χ3v) is 4.14. The molecule has 1 amide bonds. The maximum atomic E-state index is 13.6. The summed E-state index contributed by atoms with van der Waals surface area (Å²) in [6.07, 6.45) is -5.38. The van der Waals surface area contributed by atoms with E-state index < -0.39 is 36.0 Å². The highest BCUT2D eigenvalue weighted by Gasteiger charge is 2.31. The van der Waals surface area contributed by atoms with E-state index in [4.69, 9.17) is 11.5 Å². The van der Waals surface area contributed by atoms with E-state index in [2.05, 4.69) is 4.74 Å². The van der Waals surface area contributed by atoms with Crippen LogP contribution in [0.3, 0.4) is 0 Å².